The molecule has 1 heterocycles. The molecule has 1 aliphatic rings. The molecule has 0 saturated carbocycles. The number of terminal acetylenes is 3. The largest absolute Gasteiger partial charge is 0.345 e. The summed E-state index contributed by atoms with van der Waals surface area (Å²) in [5.74, 6) is 5.70. The quantitative estimate of drug-likeness (QED) is 0.0914. The molecular formula is C27H45N6O8P3. The topological polar surface area (TPSA) is 189 Å². The van der Waals surface area contributed by atoms with Crippen molar-refractivity contribution in [3.63, 3.8) is 0 Å². The van der Waals surface area contributed by atoms with Crippen molar-refractivity contribution in [1.29, 1.82) is 0 Å². The van der Waals surface area contributed by atoms with Gasteiger partial charge in [0.05, 0.1) is 40.0 Å². The molecule has 0 aromatic rings. The monoisotopic (exact) mass is 674 g/mol. The van der Waals surface area contributed by atoms with Crippen LogP contribution in [0.2, 0.25) is 0 Å². The summed E-state index contributed by atoms with van der Waals surface area (Å²) < 4.78 is 38.9. The third-order valence-corrected chi connectivity index (χ3v) is 11.7. The van der Waals surface area contributed by atoms with Crippen molar-refractivity contribution in [2.24, 2.45) is 0 Å². The van der Waals surface area contributed by atoms with Crippen LogP contribution in [0.5, 0.6) is 0 Å². The number of hydrogen-bond acceptors (Lipinski definition) is 9. The minimum atomic E-state index is -3.77. The maximum absolute atomic E-state index is 13.0. The van der Waals surface area contributed by atoms with Gasteiger partial charge in [0.15, 0.2) is 0 Å². The van der Waals surface area contributed by atoms with Crippen LogP contribution < -0.4 is 16.0 Å². The molecule has 14 nitrogen and oxygen atoms in total. The molecule has 0 spiro atoms. The van der Waals surface area contributed by atoms with Crippen LogP contribution in [0.1, 0.15) is 19.3 Å². The van der Waals surface area contributed by atoms with E-state index in [1.165, 1.54) is 0 Å². The second-order valence-electron chi connectivity index (χ2n) is 10.4. The first-order chi connectivity index (χ1) is 20.8. The highest BCUT2D eigenvalue weighted by Crippen LogP contribution is 2.43. The van der Waals surface area contributed by atoms with Crippen molar-refractivity contribution in [3.05, 3.63) is 0 Å². The predicted molar refractivity (Wildman–Crippen MR) is 172 cm³/mol. The van der Waals surface area contributed by atoms with Crippen molar-refractivity contribution < 1.29 is 37.9 Å². The molecule has 246 valence electrons. The third kappa shape index (κ3) is 19.1. The molecule has 1 saturated heterocycles. The Morgan fingerprint density at radius 2 is 1.00 bits per heavy atom. The van der Waals surface area contributed by atoms with Crippen LogP contribution >= 0.6 is 22.5 Å². The third-order valence-electron chi connectivity index (χ3n) is 6.61. The van der Waals surface area contributed by atoms with Crippen LogP contribution in [0.3, 0.4) is 0 Å². The molecule has 0 aliphatic carbocycles. The lowest BCUT2D eigenvalue weighted by Crippen LogP contribution is -2.37. The molecule has 1 fully saturated rings. The summed E-state index contributed by atoms with van der Waals surface area (Å²) in [6, 6.07) is 0. The molecule has 0 aromatic carbocycles. The lowest BCUT2D eigenvalue weighted by molar-refractivity contribution is -0.121. The van der Waals surface area contributed by atoms with Gasteiger partial charge in [0.1, 0.15) is 0 Å². The first-order valence-electron chi connectivity index (χ1n) is 14.2. The van der Waals surface area contributed by atoms with E-state index in [1.807, 2.05) is 4.90 Å². The van der Waals surface area contributed by atoms with E-state index in [2.05, 4.69) is 33.7 Å². The van der Waals surface area contributed by atoms with E-state index >= 15 is 0 Å². The van der Waals surface area contributed by atoms with E-state index in [4.69, 9.17) is 19.3 Å². The highest BCUT2D eigenvalue weighted by Gasteiger charge is 2.28. The van der Waals surface area contributed by atoms with Crippen LogP contribution in [0.15, 0.2) is 0 Å². The number of hydrogen-bond donors (Lipinski definition) is 5. The van der Waals surface area contributed by atoms with Crippen molar-refractivity contribution >= 4 is 40.3 Å². The van der Waals surface area contributed by atoms with E-state index in [0.29, 0.717) is 39.3 Å². The first kappa shape index (κ1) is 39.6. The lowest BCUT2D eigenvalue weighted by atomic mass is 10.4. The smallest absolute Gasteiger partial charge is 0.221 e. The van der Waals surface area contributed by atoms with E-state index in [9.17, 15) is 37.9 Å². The Morgan fingerprint density at radius 3 is 1.36 bits per heavy atom. The second-order valence-corrected chi connectivity index (χ2v) is 17.2. The Labute approximate surface area is 261 Å². The van der Waals surface area contributed by atoms with Gasteiger partial charge in [-0.05, 0) is 0 Å². The fraction of sp³-hybridized carbons (Fsp3) is 0.667. The summed E-state index contributed by atoms with van der Waals surface area (Å²) in [6.45, 7) is 2.25. The number of amides is 3. The Kier molecular flexibility index (Phi) is 19.2. The SMILES string of the molecule is C#CCNC(=O)CC[PH](=O)CN1CCN(CP(=O)(O)CCC(=O)NCC#C)CCN(CP(=O)(O)CCC(=O)NCC#C)CC1. The molecular weight excluding hydrogens is 629 g/mol. The van der Waals surface area contributed by atoms with Crippen LogP contribution in [-0.4, -0.2) is 138 Å². The van der Waals surface area contributed by atoms with E-state index in [0.717, 1.165) is 0 Å². The standard InChI is InChI=1S/C27H45N6O8P3/c1-4-10-28-25(34)7-19-42(37)22-31-13-15-32(23-43(38,39)20-8-26(35)29-11-5-2)17-18-33(16-14-31)24-44(40,41)21-9-27(36)30-12-6-3/h1-3,42H,7-24H2,(H,28,34)(H,29,35)(H,30,36)(H,38,39)(H,40,41). The van der Waals surface area contributed by atoms with Gasteiger partial charge in [-0.3, -0.25) is 38.2 Å². The molecule has 1 aliphatic heterocycles. The van der Waals surface area contributed by atoms with Gasteiger partial charge < -0.3 is 30.3 Å². The minimum absolute atomic E-state index is 0.0232. The van der Waals surface area contributed by atoms with E-state index in [-0.39, 0.29) is 82.1 Å². The number of rotatable bonds is 18. The van der Waals surface area contributed by atoms with Gasteiger partial charge in [0.2, 0.25) is 32.5 Å². The van der Waals surface area contributed by atoms with Crippen LogP contribution in [0.4, 0.5) is 0 Å². The van der Waals surface area contributed by atoms with Crippen molar-refractivity contribution in [2.45, 2.75) is 19.3 Å². The number of carbonyl (C=O) groups is 3. The fourth-order valence-electron chi connectivity index (χ4n) is 4.24. The van der Waals surface area contributed by atoms with Gasteiger partial charge in [0, 0.05) is 83.3 Å². The summed E-state index contributed by atoms with van der Waals surface area (Å²) in [7, 11) is -9.73. The zero-order valence-electron chi connectivity index (χ0n) is 25.0. The summed E-state index contributed by atoms with van der Waals surface area (Å²) in [6.07, 6.45) is 14.6. The van der Waals surface area contributed by atoms with Crippen molar-refractivity contribution in [2.75, 3.05) is 96.2 Å². The minimum Gasteiger partial charge on any atom is -0.345 e. The van der Waals surface area contributed by atoms with Gasteiger partial charge in [0.25, 0.3) is 0 Å². The zero-order valence-corrected chi connectivity index (χ0v) is 27.8. The molecule has 3 atom stereocenters. The normalized spacial score (nSPS) is 18.3. The molecule has 0 radical (unpaired) electrons. The van der Waals surface area contributed by atoms with Gasteiger partial charge >= 0.3 is 0 Å². The van der Waals surface area contributed by atoms with Crippen LogP contribution in [0, 0.1) is 37.0 Å². The molecule has 0 aromatic heterocycles. The first-order valence-corrected chi connectivity index (χ1v) is 20.1. The Bertz CT molecular complexity index is 1140. The maximum atomic E-state index is 13.0. The Hall–Kier alpha value is -2.42. The van der Waals surface area contributed by atoms with Crippen LogP contribution in [-0.2, 0) is 28.1 Å². The van der Waals surface area contributed by atoms with Gasteiger partial charge in [-0.15, -0.1) is 19.3 Å². The number of carbonyl (C=O) groups excluding carboxylic acids is 3. The molecule has 17 heteroatoms. The Morgan fingerprint density at radius 1 is 0.659 bits per heavy atom. The Balaban J connectivity index is 2.93. The average molecular weight is 675 g/mol. The van der Waals surface area contributed by atoms with Crippen LogP contribution in [0.25, 0.3) is 0 Å². The predicted octanol–water partition coefficient (Wildman–Crippen LogP) is -0.702. The average Bonchev–Trinajstić information content (AvgIpc) is 3.05. The second kappa shape index (κ2) is 21.3. The highest BCUT2D eigenvalue weighted by atomic mass is 31.2. The summed E-state index contributed by atoms with van der Waals surface area (Å²) in [4.78, 5) is 62.4. The molecule has 3 amide bonds. The summed E-state index contributed by atoms with van der Waals surface area (Å²) in [5, 5.41) is 7.46. The fourth-order valence-corrected chi connectivity index (χ4v) is 8.92. The molecule has 3 unspecified atom stereocenters. The maximum Gasteiger partial charge on any atom is 0.221 e. The number of nitrogens with one attached hydrogen (secondary N) is 3. The highest BCUT2D eigenvalue weighted by molar-refractivity contribution is 7.58. The summed E-state index contributed by atoms with van der Waals surface area (Å²) in [5.41, 5.74) is 0. The van der Waals surface area contributed by atoms with Gasteiger partial charge in [-0.1, -0.05) is 17.8 Å². The zero-order chi connectivity index (χ0) is 33.0. The summed E-state index contributed by atoms with van der Waals surface area (Å²) >= 11 is 0. The van der Waals surface area contributed by atoms with Crippen molar-refractivity contribution in [1.82, 2.24) is 30.7 Å². The molecule has 5 N–H and O–H groups in total. The molecule has 44 heavy (non-hydrogen) atoms. The van der Waals surface area contributed by atoms with E-state index < -0.39 is 34.4 Å². The number of nitrogens with zero attached hydrogens (tertiary/aromatic N) is 3. The molecule has 0 bridgehead atoms. The lowest BCUT2D eigenvalue weighted by Gasteiger charge is -2.28. The molecule has 1 rings (SSSR count). The van der Waals surface area contributed by atoms with Crippen molar-refractivity contribution in [3.8, 4) is 37.0 Å². The van der Waals surface area contributed by atoms with E-state index in [1.54, 1.807) is 9.80 Å². The van der Waals surface area contributed by atoms with Gasteiger partial charge in [-0.25, -0.2) is 0 Å². The van der Waals surface area contributed by atoms with Gasteiger partial charge in [-0.2, -0.15) is 0 Å².